The number of hydrogen-bond acceptors (Lipinski definition) is 2. The summed E-state index contributed by atoms with van der Waals surface area (Å²) in [5.41, 5.74) is 5.44. The third-order valence-electron chi connectivity index (χ3n) is 1.95. The number of hydrogen-bond donors (Lipinski definition) is 1. The Morgan fingerprint density at radius 2 is 2.29 bits per heavy atom. The summed E-state index contributed by atoms with van der Waals surface area (Å²) in [6, 6.07) is 8.09. The van der Waals surface area contributed by atoms with Crippen LogP contribution in [0.1, 0.15) is 19.8 Å². The summed E-state index contributed by atoms with van der Waals surface area (Å²) in [4.78, 5) is 0. The molecule has 0 radical (unpaired) electrons. The van der Waals surface area contributed by atoms with Gasteiger partial charge in [-0.05, 0) is 67.1 Å². The molecule has 0 spiro atoms. The molecule has 0 aliphatic rings. The van der Waals surface area contributed by atoms with Crippen LogP contribution >= 0.6 is 22.6 Å². The number of benzene rings is 1. The van der Waals surface area contributed by atoms with Crippen molar-refractivity contribution in [1.29, 1.82) is 0 Å². The second-order valence-corrected chi connectivity index (χ2v) is 4.56. The second-order valence-electron chi connectivity index (χ2n) is 3.32. The first-order chi connectivity index (χ1) is 6.72. The maximum Gasteiger partial charge on any atom is 0.120 e. The van der Waals surface area contributed by atoms with E-state index in [9.17, 15) is 0 Å². The van der Waals surface area contributed by atoms with E-state index in [-0.39, 0.29) is 6.10 Å². The highest BCUT2D eigenvalue weighted by Gasteiger charge is 2.03. The SMILES string of the molecule is CC(CCCN)Oc1cccc(I)c1. The van der Waals surface area contributed by atoms with Crippen molar-refractivity contribution in [2.75, 3.05) is 6.54 Å². The van der Waals surface area contributed by atoms with Gasteiger partial charge in [-0.1, -0.05) is 6.07 Å². The molecule has 0 aromatic heterocycles. The summed E-state index contributed by atoms with van der Waals surface area (Å²) in [6.07, 6.45) is 2.28. The molecule has 0 saturated heterocycles. The third kappa shape index (κ3) is 4.28. The lowest BCUT2D eigenvalue weighted by Gasteiger charge is -2.14. The molecular weight excluding hydrogens is 289 g/mol. The minimum absolute atomic E-state index is 0.247. The van der Waals surface area contributed by atoms with Crippen LogP contribution in [0.3, 0.4) is 0 Å². The molecule has 1 unspecified atom stereocenters. The first-order valence-electron chi connectivity index (χ1n) is 4.84. The normalized spacial score (nSPS) is 12.5. The summed E-state index contributed by atoms with van der Waals surface area (Å²) >= 11 is 2.28. The second kappa shape index (κ2) is 6.24. The summed E-state index contributed by atoms with van der Waals surface area (Å²) in [5, 5.41) is 0. The average Bonchev–Trinajstić information content (AvgIpc) is 2.15. The standard InChI is InChI=1S/C11H16INO/c1-9(4-3-7-13)14-11-6-2-5-10(12)8-11/h2,5-6,8-9H,3-4,7,13H2,1H3. The largest absolute Gasteiger partial charge is 0.491 e. The van der Waals surface area contributed by atoms with Crippen molar-refractivity contribution in [3.05, 3.63) is 27.8 Å². The molecule has 0 fully saturated rings. The summed E-state index contributed by atoms with van der Waals surface area (Å²) in [5.74, 6) is 0.946. The predicted molar refractivity (Wildman–Crippen MR) is 67.5 cm³/mol. The van der Waals surface area contributed by atoms with Gasteiger partial charge in [0.15, 0.2) is 0 Å². The van der Waals surface area contributed by atoms with E-state index in [2.05, 4.69) is 35.6 Å². The zero-order valence-corrected chi connectivity index (χ0v) is 10.5. The molecule has 3 heteroatoms. The topological polar surface area (TPSA) is 35.2 Å². The summed E-state index contributed by atoms with van der Waals surface area (Å²) in [6.45, 7) is 2.82. The van der Waals surface area contributed by atoms with Crippen LogP contribution in [0.5, 0.6) is 5.75 Å². The third-order valence-corrected chi connectivity index (χ3v) is 2.62. The maximum absolute atomic E-state index is 5.74. The smallest absolute Gasteiger partial charge is 0.120 e. The van der Waals surface area contributed by atoms with Crippen molar-refractivity contribution >= 4 is 22.6 Å². The van der Waals surface area contributed by atoms with Gasteiger partial charge in [0, 0.05) is 3.57 Å². The van der Waals surface area contributed by atoms with Gasteiger partial charge in [-0.2, -0.15) is 0 Å². The van der Waals surface area contributed by atoms with Gasteiger partial charge < -0.3 is 10.5 Å². The van der Waals surface area contributed by atoms with Gasteiger partial charge in [0.1, 0.15) is 5.75 Å². The van der Waals surface area contributed by atoms with Crippen molar-refractivity contribution < 1.29 is 4.74 Å². The molecular formula is C11H16INO. The minimum Gasteiger partial charge on any atom is -0.491 e. The van der Waals surface area contributed by atoms with Crippen LogP contribution in [-0.4, -0.2) is 12.6 Å². The Bertz CT molecular complexity index is 278. The fourth-order valence-electron chi connectivity index (χ4n) is 1.24. The number of halogens is 1. The van der Waals surface area contributed by atoms with Crippen molar-refractivity contribution in [2.24, 2.45) is 5.73 Å². The van der Waals surface area contributed by atoms with Gasteiger partial charge in [0.2, 0.25) is 0 Å². The highest BCUT2D eigenvalue weighted by atomic mass is 127. The first-order valence-corrected chi connectivity index (χ1v) is 5.92. The molecule has 14 heavy (non-hydrogen) atoms. The highest BCUT2D eigenvalue weighted by molar-refractivity contribution is 14.1. The zero-order valence-electron chi connectivity index (χ0n) is 8.37. The van der Waals surface area contributed by atoms with E-state index < -0.39 is 0 Å². The zero-order chi connectivity index (χ0) is 10.4. The fraction of sp³-hybridized carbons (Fsp3) is 0.455. The Labute approximate surface area is 99.0 Å². The Morgan fingerprint density at radius 3 is 2.93 bits per heavy atom. The van der Waals surface area contributed by atoms with Gasteiger partial charge in [-0.25, -0.2) is 0 Å². The average molecular weight is 305 g/mol. The van der Waals surface area contributed by atoms with Crippen LogP contribution in [0.15, 0.2) is 24.3 Å². The van der Waals surface area contributed by atoms with Crippen LogP contribution in [0.4, 0.5) is 0 Å². The van der Waals surface area contributed by atoms with Crippen molar-refractivity contribution in [1.82, 2.24) is 0 Å². The number of ether oxygens (including phenoxy) is 1. The lowest BCUT2D eigenvalue weighted by atomic mass is 10.2. The minimum atomic E-state index is 0.247. The Morgan fingerprint density at radius 1 is 1.50 bits per heavy atom. The lowest BCUT2D eigenvalue weighted by Crippen LogP contribution is -2.13. The fourth-order valence-corrected chi connectivity index (χ4v) is 1.75. The molecule has 1 atom stereocenters. The van der Waals surface area contributed by atoms with Crippen LogP contribution in [0.25, 0.3) is 0 Å². The summed E-state index contributed by atoms with van der Waals surface area (Å²) in [7, 11) is 0. The van der Waals surface area contributed by atoms with Crippen molar-refractivity contribution in [2.45, 2.75) is 25.9 Å². The molecule has 1 aromatic rings. The monoisotopic (exact) mass is 305 g/mol. The lowest BCUT2D eigenvalue weighted by molar-refractivity contribution is 0.208. The molecule has 0 amide bonds. The van der Waals surface area contributed by atoms with Crippen LogP contribution < -0.4 is 10.5 Å². The molecule has 1 rings (SSSR count). The molecule has 1 aromatic carbocycles. The van der Waals surface area contributed by atoms with Gasteiger partial charge in [-0.3, -0.25) is 0 Å². The van der Waals surface area contributed by atoms with Crippen LogP contribution in [0, 0.1) is 3.57 Å². The molecule has 78 valence electrons. The molecule has 0 bridgehead atoms. The Hall–Kier alpha value is -0.290. The van der Waals surface area contributed by atoms with Crippen LogP contribution in [-0.2, 0) is 0 Å². The van der Waals surface area contributed by atoms with Gasteiger partial charge in [-0.15, -0.1) is 0 Å². The van der Waals surface area contributed by atoms with Crippen LogP contribution in [0.2, 0.25) is 0 Å². The molecule has 0 aliphatic carbocycles. The maximum atomic E-state index is 5.74. The molecule has 2 nitrogen and oxygen atoms in total. The quantitative estimate of drug-likeness (QED) is 0.849. The number of nitrogens with two attached hydrogens (primary N) is 1. The Balaban J connectivity index is 2.43. The van der Waals surface area contributed by atoms with Crippen molar-refractivity contribution in [3.63, 3.8) is 0 Å². The number of rotatable bonds is 5. The van der Waals surface area contributed by atoms with Gasteiger partial charge >= 0.3 is 0 Å². The highest BCUT2D eigenvalue weighted by Crippen LogP contribution is 2.17. The van der Waals surface area contributed by atoms with E-state index in [1.807, 2.05) is 18.2 Å². The molecule has 0 heterocycles. The van der Waals surface area contributed by atoms with Gasteiger partial charge in [0.05, 0.1) is 6.10 Å². The Kier molecular flexibility index (Phi) is 5.25. The van der Waals surface area contributed by atoms with E-state index in [1.54, 1.807) is 0 Å². The van der Waals surface area contributed by atoms with E-state index in [0.717, 1.165) is 25.1 Å². The molecule has 2 N–H and O–H groups in total. The molecule has 0 saturated carbocycles. The summed E-state index contributed by atoms with van der Waals surface area (Å²) < 4.78 is 6.94. The first kappa shape index (κ1) is 11.8. The predicted octanol–water partition coefficient (Wildman–Crippen LogP) is 2.80. The van der Waals surface area contributed by atoms with Gasteiger partial charge in [0.25, 0.3) is 0 Å². The van der Waals surface area contributed by atoms with E-state index in [0.29, 0.717) is 0 Å². The van der Waals surface area contributed by atoms with Crippen molar-refractivity contribution in [3.8, 4) is 5.75 Å². The van der Waals surface area contributed by atoms with E-state index in [1.165, 1.54) is 3.57 Å². The van der Waals surface area contributed by atoms with E-state index in [4.69, 9.17) is 10.5 Å². The molecule has 0 aliphatic heterocycles. The van der Waals surface area contributed by atoms with E-state index >= 15 is 0 Å².